The van der Waals surface area contributed by atoms with Crippen LogP contribution in [0.1, 0.15) is 36.1 Å². The lowest BCUT2D eigenvalue weighted by molar-refractivity contribution is 0.122. The SMILES string of the molecule is CCc1c(N)ccc(-c2cc3nc(NN=Cc4cccc(C)c4)cc(N4CCOCC4)n3n2)c1CC. The van der Waals surface area contributed by atoms with Crippen LogP contribution in [-0.4, -0.2) is 47.1 Å². The number of nitrogens with one attached hydrogen (secondary N) is 1. The molecule has 5 rings (SSSR count). The van der Waals surface area contributed by atoms with Gasteiger partial charge in [-0.3, -0.25) is 5.43 Å². The third kappa shape index (κ3) is 4.77. The third-order valence-electron chi connectivity index (χ3n) is 6.63. The van der Waals surface area contributed by atoms with Crippen LogP contribution < -0.4 is 16.1 Å². The zero-order valence-corrected chi connectivity index (χ0v) is 21.2. The molecule has 8 nitrogen and oxygen atoms in total. The van der Waals surface area contributed by atoms with E-state index < -0.39 is 0 Å². The van der Waals surface area contributed by atoms with E-state index >= 15 is 0 Å². The second kappa shape index (κ2) is 10.4. The summed E-state index contributed by atoms with van der Waals surface area (Å²) in [5, 5.41) is 9.46. The monoisotopic (exact) mass is 483 g/mol. The fourth-order valence-corrected chi connectivity index (χ4v) is 4.86. The van der Waals surface area contributed by atoms with E-state index in [1.165, 1.54) is 16.7 Å². The van der Waals surface area contributed by atoms with Crippen molar-refractivity contribution in [1.29, 1.82) is 0 Å². The summed E-state index contributed by atoms with van der Waals surface area (Å²) in [6, 6.07) is 16.3. The highest BCUT2D eigenvalue weighted by molar-refractivity contribution is 5.80. The molecule has 0 unspecified atom stereocenters. The Bertz CT molecular complexity index is 1400. The highest BCUT2D eigenvalue weighted by Gasteiger charge is 2.20. The molecule has 2 aromatic carbocycles. The van der Waals surface area contributed by atoms with E-state index in [2.05, 4.69) is 54.4 Å². The first-order chi connectivity index (χ1) is 17.6. The molecular formula is C28H33N7O. The van der Waals surface area contributed by atoms with Gasteiger partial charge in [0.25, 0.3) is 0 Å². The molecule has 0 radical (unpaired) electrons. The molecule has 186 valence electrons. The van der Waals surface area contributed by atoms with Crippen LogP contribution in [0.5, 0.6) is 0 Å². The molecule has 1 aliphatic heterocycles. The summed E-state index contributed by atoms with van der Waals surface area (Å²) >= 11 is 0. The summed E-state index contributed by atoms with van der Waals surface area (Å²) in [6.07, 6.45) is 3.59. The van der Waals surface area contributed by atoms with Gasteiger partial charge in [-0.05, 0) is 42.5 Å². The van der Waals surface area contributed by atoms with Crippen molar-refractivity contribution in [3.8, 4) is 11.3 Å². The number of hydrogen-bond donors (Lipinski definition) is 2. The van der Waals surface area contributed by atoms with Crippen LogP contribution >= 0.6 is 0 Å². The molecule has 0 saturated carbocycles. The molecule has 2 aromatic heterocycles. The van der Waals surface area contributed by atoms with Crippen molar-refractivity contribution < 1.29 is 4.74 Å². The number of hydrogen-bond acceptors (Lipinski definition) is 7. The Hall–Kier alpha value is -3.91. The van der Waals surface area contributed by atoms with E-state index in [0.29, 0.717) is 19.0 Å². The summed E-state index contributed by atoms with van der Waals surface area (Å²) in [7, 11) is 0. The summed E-state index contributed by atoms with van der Waals surface area (Å²) in [5.41, 5.74) is 17.7. The number of aryl methyl sites for hydroxylation is 1. The minimum atomic E-state index is 0.668. The molecule has 3 heterocycles. The quantitative estimate of drug-likeness (QED) is 0.225. The minimum Gasteiger partial charge on any atom is -0.398 e. The Morgan fingerprint density at radius 2 is 1.86 bits per heavy atom. The van der Waals surface area contributed by atoms with Crippen molar-refractivity contribution in [3.63, 3.8) is 0 Å². The predicted octanol–water partition coefficient (Wildman–Crippen LogP) is 4.69. The van der Waals surface area contributed by atoms with Gasteiger partial charge in [-0.25, -0.2) is 4.98 Å². The summed E-state index contributed by atoms with van der Waals surface area (Å²) in [5.74, 6) is 1.63. The van der Waals surface area contributed by atoms with E-state index in [1.807, 2.05) is 41.1 Å². The summed E-state index contributed by atoms with van der Waals surface area (Å²) < 4.78 is 7.52. The van der Waals surface area contributed by atoms with Crippen LogP contribution in [0, 0.1) is 6.92 Å². The Balaban J connectivity index is 1.56. The maximum Gasteiger partial charge on any atom is 0.160 e. The highest BCUT2D eigenvalue weighted by Crippen LogP contribution is 2.32. The Kier molecular flexibility index (Phi) is 6.86. The molecular weight excluding hydrogens is 450 g/mol. The minimum absolute atomic E-state index is 0.668. The number of nitrogen functional groups attached to an aromatic ring is 1. The van der Waals surface area contributed by atoms with Crippen LogP contribution in [0.3, 0.4) is 0 Å². The average molecular weight is 484 g/mol. The first kappa shape index (κ1) is 23.8. The molecule has 0 spiro atoms. The smallest absolute Gasteiger partial charge is 0.160 e. The van der Waals surface area contributed by atoms with Crippen molar-refractivity contribution in [3.05, 3.63) is 70.8 Å². The van der Waals surface area contributed by atoms with Crippen LogP contribution in [0.15, 0.2) is 53.6 Å². The molecule has 1 fully saturated rings. The van der Waals surface area contributed by atoms with Gasteiger partial charge in [0, 0.05) is 36.5 Å². The molecule has 4 aromatic rings. The number of anilines is 3. The number of fused-ring (bicyclic) bond motifs is 1. The van der Waals surface area contributed by atoms with E-state index in [1.54, 1.807) is 0 Å². The van der Waals surface area contributed by atoms with Crippen LogP contribution in [0.25, 0.3) is 16.9 Å². The highest BCUT2D eigenvalue weighted by atomic mass is 16.5. The predicted molar refractivity (Wildman–Crippen MR) is 147 cm³/mol. The van der Waals surface area contributed by atoms with Crippen molar-refractivity contribution in [2.45, 2.75) is 33.6 Å². The van der Waals surface area contributed by atoms with Gasteiger partial charge in [0.2, 0.25) is 0 Å². The number of rotatable bonds is 7. The molecule has 1 saturated heterocycles. The maximum absolute atomic E-state index is 6.29. The van der Waals surface area contributed by atoms with Gasteiger partial charge in [0.15, 0.2) is 11.5 Å². The first-order valence-corrected chi connectivity index (χ1v) is 12.6. The normalized spacial score (nSPS) is 14.1. The van der Waals surface area contributed by atoms with Crippen molar-refractivity contribution in [2.75, 3.05) is 42.4 Å². The van der Waals surface area contributed by atoms with Crippen LogP contribution in [0.4, 0.5) is 17.3 Å². The lowest BCUT2D eigenvalue weighted by Gasteiger charge is -2.29. The Morgan fingerprint density at radius 1 is 1.06 bits per heavy atom. The zero-order chi connectivity index (χ0) is 25.1. The Labute approximate surface area is 211 Å². The number of ether oxygens (including phenoxy) is 1. The van der Waals surface area contributed by atoms with Gasteiger partial charge >= 0.3 is 0 Å². The molecule has 3 N–H and O–H groups in total. The number of aromatic nitrogens is 3. The van der Waals surface area contributed by atoms with E-state index in [0.717, 1.165) is 59.9 Å². The largest absolute Gasteiger partial charge is 0.398 e. The molecule has 8 heteroatoms. The maximum atomic E-state index is 6.29. The van der Waals surface area contributed by atoms with E-state index in [9.17, 15) is 0 Å². The molecule has 1 aliphatic rings. The topological polar surface area (TPSA) is 93.1 Å². The van der Waals surface area contributed by atoms with Gasteiger partial charge in [0.05, 0.1) is 25.1 Å². The van der Waals surface area contributed by atoms with Crippen LogP contribution in [0.2, 0.25) is 0 Å². The van der Waals surface area contributed by atoms with Gasteiger partial charge in [-0.15, -0.1) is 0 Å². The van der Waals surface area contributed by atoms with Gasteiger partial charge in [-0.1, -0.05) is 49.7 Å². The number of hydrazone groups is 1. The molecule has 0 atom stereocenters. The Morgan fingerprint density at radius 3 is 2.61 bits per heavy atom. The third-order valence-corrected chi connectivity index (χ3v) is 6.63. The summed E-state index contributed by atoms with van der Waals surface area (Å²) in [6.45, 7) is 9.34. The van der Waals surface area contributed by atoms with Gasteiger partial charge < -0.3 is 15.4 Å². The standard InChI is InChI=1S/C28H33N7O/c1-4-21-22(5-2)24(29)10-9-23(21)25-16-27-31-26(32-30-18-20-8-6-7-19(3)15-20)17-28(35(27)33-25)34-11-13-36-14-12-34/h6-10,15-18H,4-5,11-14,29H2,1-3H3,(H,31,32). The number of nitrogens with two attached hydrogens (primary N) is 1. The molecule has 0 bridgehead atoms. The van der Waals surface area contributed by atoms with Crippen molar-refractivity contribution in [1.82, 2.24) is 14.6 Å². The lowest BCUT2D eigenvalue weighted by Crippen LogP contribution is -2.37. The van der Waals surface area contributed by atoms with Gasteiger partial charge in [0.1, 0.15) is 5.82 Å². The van der Waals surface area contributed by atoms with Crippen LogP contribution in [-0.2, 0) is 17.6 Å². The van der Waals surface area contributed by atoms with Crippen molar-refractivity contribution >= 4 is 29.2 Å². The second-order valence-corrected chi connectivity index (χ2v) is 9.05. The first-order valence-electron chi connectivity index (χ1n) is 12.6. The molecule has 0 amide bonds. The molecule has 0 aliphatic carbocycles. The number of benzene rings is 2. The lowest BCUT2D eigenvalue weighted by atomic mass is 9.94. The van der Waals surface area contributed by atoms with Gasteiger partial charge in [-0.2, -0.15) is 14.7 Å². The number of morpholine rings is 1. The fourth-order valence-electron chi connectivity index (χ4n) is 4.86. The fraction of sp³-hybridized carbons (Fsp3) is 0.321. The average Bonchev–Trinajstić information content (AvgIpc) is 3.32. The van der Waals surface area contributed by atoms with Crippen molar-refractivity contribution in [2.24, 2.45) is 5.10 Å². The summed E-state index contributed by atoms with van der Waals surface area (Å²) in [4.78, 5) is 7.12. The zero-order valence-electron chi connectivity index (χ0n) is 21.2. The second-order valence-electron chi connectivity index (χ2n) is 9.05. The van der Waals surface area contributed by atoms with E-state index in [-0.39, 0.29) is 0 Å². The van der Waals surface area contributed by atoms with E-state index in [4.69, 9.17) is 20.6 Å². The molecule has 36 heavy (non-hydrogen) atoms. The number of nitrogens with zero attached hydrogens (tertiary/aromatic N) is 5.